The van der Waals surface area contributed by atoms with Crippen LogP contribution in [-0.2, 0) is 4.74 Å². The van der Waals surface area contributed by atoms with Gasteiger partial charge in [-0.25, -0.2) is 9.78 Å². The van der Waals surface area contributed by atoms with E-state index in [1.807, 2.05) is 6.92 Å². The molecular weight excluding hydrogens is 272 g/mol. The van der Waals surface area contributed by atoms with Crippen LogP contribution in [0.4, 0.5) is 0 Å². The minimum absolute atomic E-state index is 0.0667. The summed E-state index contributed by atoms with van der Waals surface area (Å²) in [6, 6.07) is 2.80. The molecule has 1 heterocycles. The molecule has 0 radical (unpaired) electrons. The van der Waals surface area contributed by atoms with E-state index in [2.05, 4.69) is 10.3 Å². The molecule has 0 bridgehead atoms. The SMILES string of the molecule is CCOC1CC(CCNC(=O)c2ccc(C(=O)O)nc2)C1. The van der Waals surface area contributed by atoms with Crippen LogP contribution in [-0.4, -0.2) is 41.2 Å². The summed E-state index contributed by atoms with van der Waals surface area (Å²) in [6.45, 7) is 3.37. The Bertz CT molecular complexity index is 495. The van der Waals surface area contributed by atoms with E-state index in [1.54, 1.807) is 0 Å². The summed E-state index contributed by atoms with van der Waals surface area (Å²) in [7, 11) is 0. The zero-order valence-electron chi connectivity index (χ0n) is 12.0. The lowest BCUT2D eigenvalue weighted by atomic mass is 9.80. The van der Waals surface area contributed by atoms with Crippen molar-refractivity contribution in [1.29, 1.82) is 0 Å². The first-order valence-corrected chi connectivity index (χ1v) is 7.19. The van der Waals surface area contributed by atoms with E-state index in [-0.39, 0.29) is 11.6 Å². The molecule has 2 rings (SSSR count). The van der Waals surface area contributed by atoms with Crippen LogP contribution in [0.15, 0.2) is 18.3 Å². The van der Waals surface area contributed by atoms with Crippen molar-refractivity contribution in [1.82, 2.24) is 10.3 Å². The Morgan fingerprint density at radius 3 is 2.76 bits per heavy atom. The third-order valence-corrected chi connectivity index (χ3v) is 3.68. The smallest absolute Gasteiger partial charge is 0.354 e. The second-order valence-corrected chi connectivity index (χ2v) is 5.20. The van der Waals surface area contributed by atoms with E-state index in [1.165, 1.54) is 18.3 Å². The van der Waals surface area contributed by atoms with Crippen LogP contribution in [0.5, 0.6) is 0 Å². The minimum atomic E-state index is -1.10. The van der Waals surface area contributed by atoms with Gasteiger partial charge in [-0.1, -0.05) is 0 Å². The Labute approximate surface area is 123 Å². The fourth-order valence-electron chi connectivity index (χ4n) is 2.43. The Morgan fingerprint density at radius 2 is 2.19 bits per heavy atom. The average Bonchev–Trinajstić information content (AvgIpc) is 2.44. The molecule has 1 aliphatic carbocycles. The van der Waals surface area contributed by atoms with Crippen LogP contribution in [0.1, 0.15) is 47.0 Å². The third-order valence-electron chi connectivity index (χ3n) is 3.68. The van der Waals surface area contributed by atoms with E-state index >= 15 is 0 Å². The highest BCUT2D eigenvalue weighted by Crippen LogP contribution is 2.32. The number of amides is 1. The van der Waals surface area contributed by atoms with Crippen molar-refractivity contribution < 1.29 is 19.4 Å². The molecule has 2 N–H and O–H groups in total. The van der Waals surface area contributed by atoms with Gasteiger partial charge in [-0.05, 0) is 44.2 Å². The predicted octanol–water partition coefficient (Wildman–Crippen LogP) is 1.71. The van der Waals surface area contributed by atoms with Gasteiger partial charge < -0.3 is 15.2 Å². The molecular formula is C15H20N2O4. The minimum Gasteiger partial charge on any atom is -0.477 e. The summed E-state index contributed by atoms with van der Waals surface area (Å²) >= 11 is 0. The van der Waals surface area contributed by atoms with Crippen molar-refractivity contribution in [2.45, 2.75) is 32.3 Å². The fraction of sp³-hybridized carbons (Fsp3) is 0.533. The van der Waals surface area contributed by atoms with Gasteiger partial charge in [0.2, 0.25) is 0 Å². The molecule has 114 valence electrons. The summed E-state index contributed by atoms with van der Waals surface area (Å²) in [6.07, 6.45) is 4.75. The topological polar surface area (TPSA) is 88.5 Å². The van der Waals surface area contributed by atoms with E-state index in [9.17, 15) is 9.59 Å². The number of hydrogen-bond acceptors (Lipinski definition) is 4. The predicted molar refractivity (Wildman–Crippen MR) is 76.3 cm³/mol. The monoisotopic (exact) mass is 292 g/mol. The molecule has 0 aliphatic heterocycles. The van der Waals surface area contributed by atoms with Crippen LogP contribution < -0.4 is 5.32 Å². The van der Waals surface area contributed by atoms with Gasteiger partial charge >= 0.3 is 5.97 Å². The molecule has 1 aliphatic rings. The lowest BCUT2D eigenvalue weighted by Gasteiger charge is -2.34. The number of rotatable bonds is 7. The van der Waals surface area contributed by atoms with Gasteiger partial charge in [-0.15, -0.1) is 0 Å². The zero-order chi connectivity index (χ0) is 15.2. The van der Waals surface area contributed by atoms with E-state index in [0.717, 1.165) is 25.9 Å². The summed E-state index contributed by atoms with van der Waals surface area (Å²) < 4.78 is 5.49. The van der Waals surface area contributed by atoms with Crippen LogP contribution in [0.3, 0.4) is 0 Å². The Balaban J connectivity index is 1.69. The largest absolute Gasteiger partial charge is 0.477 e. The van der Waals surface area contributed by atoms with Gasteiger partial charge in [0.05, 0.1) is 11.7 Å². The number of aromatic nitrogens is 1. The second kappa shape index (κ2) is 7.17. The molecule has 0 spiro atoms. The first kappa shape index (κ1) is 15.4. The van der Waals surface area contributed by atoms with Crippen molar-refractivity contribution in [3.63, 3.8) is 0 Å². The lowest BCUT2D eigenvalue weighted by Crippen LogP contribution is -2.34. The molecule has 1 aromatic rings. The summed E-state index contributed by atoms with van der Waals surface area (Å²) in [5, 5.41) is 11.6. The van der Waals surface area contributed by atoms with Crippen LogP contribution in [0.25, 0.3) is 0 Å². The van der Waals surface area contributed by atoms with Crippen LogP contribution in [0.2, 0.25) is 0 Å². The number of nitrogens with one attached hydrogen (secondary N) is 1. The molecule has 0 aromatic carbocycles. The maximum atomic E-state index is 11.9. The van der Waals surface area contributed by atoms with Gasteiger partial charge in [0, 0.05) is 19.3 Å². The maximum absolute atomic E-state index is 11.9. The Hall–Kier alpha value is -1.95. The maximum Gasteiger partial charge on any atom is 0.354 e. The summed E-state index contributed by atoms with van der Waals surface area (Å²) in [5.74, 6) is -0.703. The number of carboxylic acid groups (broad SMARTS) is 1. The van der Waals surface area contributed by atoms with Crippen molar-refractivity contribution in [2.75, 3.05) is 13.2 Å². The van der Waals surface area contributed by atoms with Gasteiger partial charge in [-0.3, -0.25) is 4.79 Å². The van der Waals surface area contributed by atoms with E-state index in [0.29, 0.717) is 24.1 Å². The zero-order valence-corrected chi connectivity index (χ0v) is 12.0. The molecule has 6 heteroatoms. The average molecular weight is 292 g/mol. The van der Waals surface area contributed by atoms with E-state index in [4.69, 9.17) is 9.84 Å². The number of carbonyl (C=O) groups excluding carboxylic acids is 1. The van der Waals surface area contributed by atoms with Crippen LogP contribution >= 0.6 is 0 Å². The van der Waals surface area contributed by atoms with Crippen molar-refractivity contribution in [2.24, 2.45) is 5.92 Å². The van der Waals surface area contributed by atoms with Gasteiger partial charge in [0.1, 0.15) is 5.69 Å². The van der Waals surface area contributed by atoms with Crippen LogP contribution in [0, 0.1) is 5.92 Å². The normalized spacial score (nSPS) is 20.6. The number of ether oxygens (including phenoxy) is 1. The molecule has 6 nitrogen and oxygen atoms in total. The van der Waals surface area contributed by atoms with Crippen molar-refractivity contribution in [3.05, 3.63) is 29.6 Å². The highest BCUT2D eigenvalue weighted by atomic mass is 16.5. The molecule has 0 atom stereocenters. The standard InChI is InChI=1S/C15H20N2O4/c1-2-21-12-7-10(8-12)5-6-16-14(18)11-3-4-13(15(19)20)17-9-11/h3-4,9-10,12H,2,5-8H2,1H3,(H,16,18)(H,19,20). The number of hydrogen-bond donors (Lipinski definition) is 2. The molecule has 1 saturated carbocycles. The highest BCUT2D eigenvalue weighted by molar-refractivity contribution is 5.94. The number of aromatic carboxylic acids is 1. The molecule has 0 saturated heterocycles. The first-order chi connectivity index (χ1) is 10.1. The molecule has 1 aromatic heterocycles. The summed E-state index contributed by atoms with van der Waals surface area (Å²) in [4.78, 5) is 26.2. The van der Waals surface area contributed by atoms with Crippen molar-refractivity contribution in [3.8, 4) is 0 Å². The molecule has 1 fully saturated rings. The number of nitrogens with zero attached hydrogens (tertiary/aromatic N) is 1. The fourth-order valence-corrected chi connectivity index (χ4v) is 2.43. The van der Waals surface area contributed by atoms with Gasteiger partial charge in [-0.2, -0.15) is 0 Å². The Morgan fingerprint density at radius 1 is 1.43 bits per heavy atom. The first-order valence-electron chi connectivity index (χ1n) is 7.19. The van der Waals surface area contributed by atoms with Gasteiger partial charge in [0.25, 0.3) is 5.91 Å². The number of pyridine rings is 1. The quantitative estimate of drug-likeness (QED) is 0.798. The van der Waals surface area contributed by atoms with Crippen molar-refractivity contribution >= 4 is 11.9 Å². The molecule has 0 unspecified atom stereocenters. The van der Waals surface area contributed by atoms with E-state index < -0.39 is 5.97 Å². The Kier molecular flexibility index (Phi) is 5.27. The van der Waals surface area contributed by atoms with Gasteiger partial charge in [0.15, 0.2) is 0 Å². The summed E-state index contributed by atoms with van der Waals surface area (Å²) in [5.41, 5.74) is 0.309. The second-order valence-electron chi connectivity index (χ2n) is 5.20. The number of carboxylic acids is 1. The highest BCUT2D eigenvalue weighted by Gasteiger charge is 2.28. The number of carbonyl (C=O) groups is 2. The molecule has 21 heavy (non-hydrogen) atoms. The molecule has 1 amide bonds. The lowest BCUT2D eigenvalue weighted by molar-refractivity contribution is -0.0261. The third kappa shape index (κ3) is 4.26.